The van der Waals surface area contributed by atoms with E-state index in [0.717, 1.165) is 16.7 Å². The number of benzene rings is 3. The second-order valence-electron chi connectivity index (χ2n) is 10.0. The average Bonchev–Trinajstić information content (AvgIpc) is 2.89. The van der Waals surface area contributed by atoms with Crippen LogP contribution in [0.25, 0.3) is 0 Å². The van der Waals surface area contributed by atoms with E-state index in [1.54, 1.807) is 12.1 Å². The van der Waals surface area contributed by atoms with E-state index in [1.165, 1.54) is 23.5 Å². The molecule has 0 aliphatic carbocycles. The van der Waals surface area contributed by atoms with E-state index in [9.17, 15) is 18.3 Å². The summed E-state index contributed by atoms with van der Waals surface area (Å²) in [6.45, 7) is 7.67. The number of aliphatic hydroxyl groups excluding tert-OH is 1. The number of nitrogens with zero attached hydrogens (tertiary/aromatic N) is 1. The molecular weight excluding hydrogens is 500 g/mol. The van der Waals surface area contributed by atoms with Crippen LogP contribution >= 0.6 is 0 Å². The molecule has 0 aliphatic heterocycles. The van der Waals surface area contributed by atoms with Crippen molar-refractivity contribution in [3.8, 4) is 5.75 Å². The van der Waals surface area contributed by atoms with Crippen LogP contribution in [0.5, 0.6) is 5.75 Å². The Morgan fingerprint density at radius 3 is 2.24 bits per heavy atom. The van der Waals surface area contributed by atoms with Gasteiger partial charge in [-0.05, 0) is 67.6 Å². The van der Waals surface area contributed by atoms with E-state index in [-0.39, 0.29) is 29.8 Å². The molecule has 7 nitrogen and oxygen atoms in total. The Balaban J connectivity index is 1.90. The molecule has 0 saturated heterocycles. The lowest BCUT2D eigenvalue weighted by atomic mass is 9.99. The highest BCUT2D eigenvalue weighted by molar-refractivity contribution is 7.89. The fourth-order valence-electron chi connectivity index (χ4n) is 4.29. The lowest BCUT2D eigenvalue weighted by molar-refractivity contribution is 0.0775. The number of carbonyl (C=O) groups is 1. The highest BCUT2D eigenvalue weighted by Crippen LogP contribution is 2.22. The third-order valence-electron chi connectivity index (χ3n) is 6.37. The van der Waals surface area contributed by atoms with Crippen LogP contribution in [0, 0.1) is 19.8 Å². The van der Waals surface area contributed by atoms with Gasteiger partial charge in [0.05, 0.1) is 24.2 Å². The number of ether oxygens (including phenoxy) is 1. The molecule has 0 radical (unpaired) electrons. The number of aliphatic hydroxyl groups is 1. The predicted molar refractivity (Wildman–Crippen MR) is 150 cm³/mol. The van der Waals surface area contributed by atoms with Crippen LogP contribution in [-0.2, 0) is 16.4 Å². The third-order valence-corrected chi connectivity index (χ3v) is 8.22. The predicted octanol–water partition coefficient (Wildman–Crippen LogP) is 4.36. The number of methoxy groups -OCH3 is 1. The minimum atomic E-state index is -3.91. The Morgan fingerprint density at radius 1 is 0.974 bits per heavy atom. The first-order valence-corrected chi connectivity index (χ1v) is 14.2. The van der Waals surface area contributed by atoms with Gasteiger partial charge in [0.2, 0.25) is 10.0 Å². The molecular formula is C30H38N2O5S. The monoisotopic (exact) mass is 538 g/mol. The van der Waals surface area contributed by atoms with Crippen molar-refractivity contribution in [2.45, 2.75) is 51.2 Å². The third kappa shape index (κ3) is 7.66. The van der Waals surface area contributed by atoms with Crippen LogP contribution in [-0.4, -0.2) is 56.1 Å². The molecule has 8 heteroatoms. The SMILES string of the molecule is COc1ccc(S(=O)(=O)N(CC(C)C)CC(O)C(Cc2ccccc2)NC(=O)c2cc(C)ccc2C)cc1. The minimum absolute atomic E-state index is 0.0207. The first-order chi connectivity index (χ1) is 18.0. The Hall–Kier alpha value is -3.20. The molecule has 0 heterocycles. The van der Waals surface area contributed by atoms with Gasteiger partial charge in [-0.15, -0.1) is 0 Å². The van der Waals surface area contributed by atoms with E-state index in [2.05, 4.69) is 5.32 Å². The molecule has 3 rings (SSSR count). The summed E-state index contributed by atoms with van der Waals surface area (Å²) in [5.41, 5.74) is 3.23. The zero-order valence-electron chi connectivity index (χ0n) is 22.7. The molecule has 204 valence electrons. The van der Waals surface area contributed by atoms with E-state index in [4.69, 9.17) is 4.74 Å². The number of nitrogens with one attached hydrogen (secondary N) is 1. The van der Waals surface area contributed by atoms with E-state index in [1.807, 2.05) is 76.2 Å². The summed E-state index contributed by atoms with van der Waals surface area (Å²) in [6.07, 6.45) is -0.812. The number of hydrogen-bond acceptors (Lipinski definition) is 5. The van der Waals surface area contributed by atoms with Gasteiger partial charge in [-0.25, -0.2) is 8.42 Å². The average molecular weight is 539 g/mol. The van der Waals surface area contributed by atoms with Crippen molar-refractivity contribution in [3.63, 3.8) is 0 Å². The molecule has 38 heavy (non-hydrogen) atoms. The summed E-state index contributed by atoms with van der Waals surface area (Å²) in [4.78, 5) is 13.4. The number of rotatable bonds is 12. The lowest BCUT2D eigenvalue weighted by Crippen LogP contribution is -2.51. The highest BCUT2D eigenvalue weighted by atomic mass is 32.2. The molecule has 0 fully saturated rings. The smallest absolute Gasteiger partial charge is 0.251 e. The first-order valence-electron chi connectivity index (χ1n) is 12.8. The topological polar surface area (TPSA) is 95.9 Å². The molecule has 3 aromatic rings. The zero-order chi connectivity index (χ0) is 27.9. The van der Waals surface area contributed by atoms with Crippen molar-refractivity contribution >= 4 is 15.9 Å². The number of carbonyl (C=O) groups excluding carboxylic acids is 1. The highest BCUT2D eigenvalue weighted by Gasteiger charge is 2.31. The van der Waals surface area contributed by atoms with Crippen molar-refractivity contribution in [2.75, 3.05) is 20.2 Å². The van der Waals surface area contributed by atoms with Crippen molar-refractivity contribution in [3.05, 3.63) is 95.1 Å². The second-order valence-corrected chi connectivity index (χ2v) is 12.0. The normalized spacial score (nSPS) is 13.4. The van der Waals surface area contributed by atoms with Gasteiger partial charge in [0.15, 0.2) is 0 Å². The molecule has 0 spiro atoms. The van der Waals surface area contributed by atoms with E-state index >= 15 is 0 Å². The summed E-state index contributed by atoms with van der Waals surface area (Å²) in [7, 11) is -2.39. The van der Waals surface area contributed by atoms with Crippen LogP contribution in [0.4, 0.5) is 0 Å². The van der Waals surface area contributed by atoms with Gasteiger partial charge < -0.3 is 15.2 Å². The Bertz CT molecular complexity index is 1310. The quantitative estimate of drug-likeness (QED) is 0.357. The summed E-state index contributed by atoms with van der Waals surface area (Å²) in [5, 5.41) is 14.4. The number of sulfonamides is 1. The van der Waals surface area contributed by atoms with Gasteiger partial charge in [-0.3, -0.25) is 4.79 Å². The number of aryl methyl sites for hydroxylation is 2. The van der Waals surface area contributed by atoms with Gasteiger partial charge in [0.1, 0.15) is 5.75 Å². The van der Waals surface area contributed by atoms with Crippen molar-refractivity contribution < 1.29 is 23.1 Å². The van der Waals surface area contributed by atoms with Crippen LogP contribution in [0.15, 0.2) is 77.7 Å². The summed E-state index contributed by atoms with van der Waals surface area (Å²) >= 11 is 0. The number of amides is 1. The molecule has 0 aromatic heterocycles. The Kier molecular flexibility index (Phi) is 10.1. The largest absolute Gasteiger partial charge is 0.497 e. The summed E-state index contributed by atoms with van der Waals surface area (Å²) in [5.74, 6) is 0.267. The number of hydrogen-bond donors (Lipinski definition) is 2. The molecule has 0 bridgehead atoms. The standard InChI is InChI=1S/C30H38N2O5S/c1-21(2)19-32(38(35,36)26-15-13-25(37-5)14-16-26)20-29(33)28(18-24-9-7-6-8-10-24)31-30(34)27-17-22(3)11-12-23(27)4/h6-17,21,28-29,33H,18-20H2,1-5H3,(H,31,34). The van der Waals surface area contributed by atoms with Gasteiger partial charge >= 0.3 is 0 Å². The van der Waals surface area contributed by atoms with Crippen molar-refractivity contribution in [2.24, 2.45) is 5.92 Å². The van der Waals surface area contributed by atoms with Crippen LogP contribution in [0.1, 0.15) is 40.9 Å². The lowest BCUT2D eigenvalue weighted by Gasteiger charge is -2.31. The second kappa shape index (κ2) is 13.0. The molecule has 2 N–H and O–H groups in total. The van der Waals surface area contributed by atoms with Crippen molar-refractivity contribution in [1.82, 2.24) is 9.62 Å². The van der Waals surface area contributed by atoms with Gasteiger partial charge in [-0.1, -0.05) is 61.9 Å². The maximum absolute atomic E-state index is 13.6. The summed E-state index contributed by atoms with van der Waals surface area (Å²) in [6, 6.07) is 20.6. The molecule has 2 unspecified atom stereocenters. The van der Waals surface area contributed by atoms with E-state index < -0.39 is 22.2 Å². The van der Waals surface area contributed by atoms with Crippen molar-refractivity contribution in [1.29, 1.82) is 0 Å². The molecule has 1 amide bonds. The Morgan fingerprint density at radius 2 is 1.63 bits per heavy atom. The van der Waals surface area contributed by atoms with Crippen LogP contribution < -0.4 is 10.1 Å². The van der Waals surface area contributed by atoms with Gasteiger partial charge in [0, 0.05) is 18.7 Å². The zero-order valence-corrected chi connectivity index (χ0v) is 23.5. The summed E-state index contributed by atoms with van der Waals surface area (Å²) < 4.78 is 33.7. The molecule has 2 atom stereocenters. The maximum atomic E-state index is 13.6. The van der Waals surface area contributed by atoms with Crippen LogP contribution in [0.2, 0.25) is 0 Å². The van der Waals surface area contributed by atoms with Gasteiger partial charge in [0.25, 0.3) is 5.91 Å². The molecule has 3 aromatic carbocycles. The molecule has 0 aliphatic rings. The Labute approximate surface area is 226 Å². The maximum Gasteiger partial charge on any atom is 0.251 e. The first kappa shape index (κ1) is 29.4. The van der Waals surface area contributed by atoms with Crippen LogP contribution in [0.3, 0.4) is 0 Å². The minimum Gasteiger partial charge on any atom is -0.497 e. The fourth-order valence-corrected chi connectivity index (χ4v) is 5.91. The van der Waals surface area contributed by atoms with Gasteiger partial charge in [-0.2, -0.15) is 4.31 Å². The molecule has 0 saturated carbocycles. The van der Waals surface area contributed by atoms with E-state index in [0.29, 0.717) is 17.7 Å². The fraction of sp³-hybridized carbons (Fsp3) is 0.367.